The van der Waals surface area contributed by atoms with Crippen molar-refractivity contribution in [2.45, 2.75) is 20.0 Å². The van der Waals surface area contributed by atoms with Crippen LogP contribution in [0.15, 0.2) is 35.3 Å². The lowest BCUT2D eigenvalue weighted by atomic mass is 10.1. The Morgan fingerprint density at radius 1 is 1.26 bits per heavy atom. The van der Waals surface area contributed by atoms with Crippen molar-refractivity contribution in [3.05, 3.63) is 35.9 Å². The molecular formula is C14H24IN3O. The molecule has 0 spiro atoms. The Hall–Kier alpha value is -0.820. The third-order valence-corrected chi connectivity index (χ3v) is 2.96. The van der Waals surface area contributed by atoms with Gasteiger partial charge in [0, 0.05) is 20.2 Å². The number of nitrogens with two attached hydrogens (primary N) is 1. The van der Waals surface area contributed by atoms with Crippen LogP contribution in [0.3, 0.4) is 0 Å². The van der Waals surface area contributed by atoms with Gasteiger partial charge in [0.1, 0.15) is 6.10 Å². The van der Waals surface area contributed by atoms with E-state index in [2.05, 4.69) is 18.8 Å². The van der Waals surface area contributed by atoms with Crippen LogP contribution in [-0.2, 0) is 4.74 Å². The highest BCUT2D eigenvalue weighted by Gasteiger charge is 2.10. The van der Waals surface area contributed by atoms with E-state index in [0.29, 0.717) is 12.5 Å². The van der Waals surface area contributed by atoms with Gasteiger partial charge in [-0.25, -0.2) is 0 Å². The zero-order chi connectivity index (χ0) is 13.4. The fourth-order valence-corrected chi connectivity index (χ4v) is 1.81. The van der Waals surface area contributed by atoms with Crippen molar-refractivity contribution in [2.24, 2.45) is 10.7 Å². The SMILES string of the molecule is CCN(CC)C(N)=NCC(OC)c1ccccc1.I. The minimum atomic E-state index is -0.0414. The van der Waals surface area contributed by atoms with Crippen LogP contribution in [0.1, 0.15) is 25.5 Å². The summed E-state index contributed by atoms with van der Waals surface area (Å²) in [4.78, 5) is 6.43. The highest BCUT2D eigenvalue weighted by Crippen LogP contribution is 2.16. The van der Waals surface area contributed by atoms with E-state index in [1.54, 1.807) is 7.11 Å². The monoisotopic (exact) mass is 377 g/mol. The van der Waals surface area contributed by atoms with Crippen molar-refractivity contribution < 1.29 is 4.74 Å². The van der Waals surface area contributed by atoms with Crippen molar-refractivity contribution in [2.75, 3.05) is 26.7 Å². The van der Waals surface area contributed by atoms with Crippen LogP contribution in [0.2, 0.25) is 0 Å². The average Bonchev–Trinajstić information content (AvgIpc) is 2.42. The van der Waals surface area contributed by atoms with E-state index in [0.717, 1.165) is 18.7 Å². The summed E-state index contributed by atoms with van der Waals surface area (Å²) in [6.07, 6.45) is -0.0414. The third-order valence-electron chi connectivity index (χ3n) is 2.96. The Labute approximate surface area is 133 Å². The maximum atomic E-state index is 5.94. The molecule has 0 fully saturated rings. The van der Waals surface area contributed by atoms with Gasteiger partial charge in [0.2, 0.25) is 0 Å². The standard InChI is InChI=1S/C14H23N3O.HI/c1-4-17(5-2)14(15)16-11-13(18-3)12-9-7-6-8-10-12;/h6-10,13H,4-5,11H2,1-3H3,(H2,15,16);1H. The number of hydrogen-bond donors (Lipinski definition) is 1. The van der Waals surface area contributed by atoms with Crippen LogP contribution in [0.25, 0.3) is 0 Å². The Kier molecular flexibility index (Phi) is 9.59. The minimum Gasteiger partial charge on any atom is -0.375 e. The van der Waals surface area contributed by atoms with Gasteiger partial charge in [-0.3, -0.25) is 4.99 Å². The number of methoxy groups -OCH3 is 1. The fourth-order valence-electron chi connectivity index (χ4n) is 1.81. The van der Waals surface area contributed by atoms with Gasteiger partial charge in [0.05, 0.1) is 6.54 Å². The van der Waals surface area contributed by atoms with Gasteiger partial charge >= 0.3 is 0 Å². The molecule has 19 heavy (non-hydrogen) atoms. The van der Waals surface area contributed by atoms with Crippen molar-refractivity contribution in [1.29, 1.82) is 0 Å². The molecule has 0 aromatic heterocycles. The predicted molar refractivity (Wildman–Crippen MR) is 91.0 cm³/mol. The number of halogens is 1. The maximum absolute atomic E-state index is 5.94. The molecule has 1 aromatic rings. The van der Waals surface area contributed by atoms with Crippen molar-refractivity contribution in [3.63, 3.8) is 0 Å². The second kappa shape index (κ2) is 10.0. The molecule has 0 aliphatic rings. The Morgan fingerprint density at radius 3 is 2.32 bits per heavy atom. The van der Waals surface area contributed by atoms with Crippen LogP contribution >= 0.6 is 24.0 Å². The molecule has 0 amide bonds. The van der Waals surface area contributed by atoms with Crippen molar-refractivity contribution in [1.82, 2.24) is 4.90 Å². The number of guanidine groups is 1. The highest BCUT2D eigenvalue weighted by molar-refractivity contribution is 14.0. The number of rotatable bonds is 6. The molecule has 0 saturated carbocycles. The molecule has 0 aliphatic carbocycles. The molecule has 1 unspecified atom stereocenters. The van der Waals surface area contributed by atoms with E-state index < -0.39 is 0 Å². The van der Waals surface area contributed by atoms with Gasteiger partial charge in [0.15, 0.2) is 5.96 Å². The van der Waals surface area contributed by atoms with Crippen LogP contribution in [0.4, 0.5) is 0 Å². The molecule has 108 valence electrons. The highest BCUT2D eigenvalue weighted by atomic mass is 127. The molecule has 4 nitrogen and oxygen atoms in total. The zero-order valence-corrected chi connectivity index (χ0v) is 14.2. The summed E-state index contributed by atoms with van der Waals surface area (Å²) in [5.74, 6) is 0.581. The molecule has 1 rings (SSSR count). The van der Waals surface area contributed by atoms with Crippen LogP contribution in [0, 0.1) is 0 Å². The minimum absolute atomic E-state index is 0. The summed E-state index contributed by atoms with van der Waals surface area (Å²) >= 11 is 0. The molecule has 0 saturated heterocycles. The van der Waals surface area contributed by atoms with Crippen LogP contribution in [-0.4, -0.2) is 37.6 Å². The smallest absolute Gasteiger partial charge is 0.191 e. The first-order chi connectivity index (χ1) is 8.72. The third kappa shape index (κ3) is 5.78. The topological polar surface area (TPSA) is 50.8 Å². The summed E-state index contributed by atoms with van der Waals surface area (Å²) in [6, 6.07) is 10.1. The lowest BCUT2D eigenvalue weighted by molar-refractivity contribution is 0.110. The van der Waals surface area contributed by atoms with Gasteiger partial charge in [-0.15, -0.1) is 24.0 Å². The van der Waals surface area contributed by atoms with Crippen LogP contribution < -0.4 is 5.73 Å². The quantitative estimate of drug-likeness (QED) is 0.471. The van der Waals surface area contributed by atoms with Gasteiger partial charge in [0.25, 0.3) is 0 Å². The molecular weight excluding hydrogens is 353 g/mol. The number of benzene rings is 1. The molecule has 1 atom stereocenters. The van der Waals surface area contributed by atoms with E-state index >= 15 is 0 Å². The first-order valence-electron chi connectivity index (χ1n) is 6.35. The number of ether oxygens (including phenoxy) is 1. The summed E-state index contributed by atoms with van der Waals surface area (Å²) in [6.45, 7) is 6.42. The summed E-state index contributed by atoms with van der Waals surface area (Å²) < 4.78 is 5.45. The number of hydrogen-bond acceptors (Lipinski definition) is 2. The largest absolute Gasteiger partial charge is 0.375 e. The Morgan fingerprint density at radius 2 is 1.84 bits per heavy atom. The molecule has 0 radical (unpaired) electrons. The molecule has 2 N–H and O–H groups in total. The molecule has 0 aliphatic heterocycles. The fraction of sp³-hybridized carbons (Fsp3) is 0.500. The van der Waals surface area contributed by atoms with Gasteiger partial charge in [-0.2, -0.15) is 0 Å². The molecule has 5 heteroatoms. The van der Waals surface area contributed by atoms with Gasteiger partial charge in [-0.1, -0.05) is 30.3 Å². The number of aliphatic imine (C=N–C) groups is 1. The maximum Gasteiger partial charge on any atom is 0.191 e. The van der Waals surface area contributed by atoms with Crippen LogP contribution in [0.5, 0.6) is 0 Å². The molecule has 0 bridgehead atoms. The van der Waals surface area contributed by atoms with E-state index in [1.165, 1.54) is 0 Å². The summed E-state index contributed by atoms with van der Waals surface area (Å²) in [5, 5.41) is 0. The predicted octanol–water partition coefficient (Wildman–Crippen LogP) is 2.65. The van der Waals surface area contributed by atoms with Crippen molar-refractivity contribution in [3.8, 4) is 0 Å². The normalized spacial score (nSPS) is 12.7. The average molecular weight is 377 g/mol. The van der Waals surface area contributed by atoms with E-state index in [1.807, 2.05) is 35.2 Å². The summed E-state index contributed by atoms with van der Waals surface area (Å²) in [7, 11) is 1.70. The Bertz CT molecular complexity index is 366. The molecule has 0 heterocycles. The first-order valence-corrected chi connectivity index (χ1v) is 6.35. The summed E-state index contributed by atoms with van der Waals surface area (Å²) in [5.41, 5.74) is 7.06. The number of nitrogens with zero attached hydrogens (tertiary/aromatic N) is 2. The lowest BCUT2D eigenvalue weighted by Gasteiger charge is -2.20. The van der Waals surface area contributed by atoms with E-state index in [9.17, 15) is 0 Å². The van der Waals surface area contributed by atoms with E-state index in [4.69, 9.17) is 10.5 Å². The van der Waals surface area contributed by atoms with E-state index in [-0.39, 0.29) is 30.1 Å². The lowest BCUT2D eigenvalue weighted by Crippen LogP contribution is -2.37. The van der Waals surface area contributed by atoms with Gasteiger partial charge < -0.3 is 15.4 Å². The second-order valence-corrected chi connectivity index (χ2v) is 4.01. The molecule has 1 aromatic carbocycles. The second-order valence-electron chi connectivity index (χ2n) is 4.01. The van der Waals surface area contributed by atoms with Crippen molar-refractivity contribution >= 4 is 29.9 Å². The zero-order valence-electron chi connectivity index (χ0n) is 11.9. The first kappa shape index (κ1) is 18.2. The van der Waals surface area contributed by atoms with Gasteiger partial charge in [-0.05, 0) is 19.4 Å². The Balaban J connectivity index is 0.00000324.